The molecule has 0 fully saturated rings. The molecule has 0 bridgehead atoms. The second-order valence-electron chi connectivity index (χ2n) is 5.48. The van der Waals surface area contributed by atoms with Gasteiger partial charge >= 0.3 is 5.97 Å². The molecular formula is C19H23ClN2O3. The van der Waals surface area contributed by atoms with Crippen molar-refractivity contribution >= 4 is 17.6 Å². The number of hydrogen-bond acceptors (Lipinski definition) is 5. The average Bonchev–Trinajstić information content (AvgIpc) is 2.65. The van der Waals surface area contributed by atoms with Crippen LogP contribution in [0, 0.1) is 0 Å². The van der Waals surface area contributed by atoms with Crippen LogP contribution in [-0.2, 0) is 11.3 Å². The smallest absolute Gasteiger partial charge is 0.356 e. The highest BCUT2D eigenvalue weighted by atomic mass is 35.5. The quantitative estimate of drug-likeness (QED) is 0.714. The van der Waals surface area contributed by atoms with Gasteiger partial charge in [-0.05, 0) is 36.6 Å². The summed E-state index contributed by atoms with van der Waals surface area (Å²) < 4.78 is 10.2. The summed E-state index contributed by atoms with van der Waals surface area (Å²) in [6.07, 6.45) is 2.55. The molecule has 0 saturated carbocycles. The molecule has 0 aliphatic heterocycles. The van der Waals surface area contributed by atoms with Crippen molar-refractivity contribution in [3.63, 3.8) is 0 Å². The third kappa shape index (κ3) is 4.94. The topological polar surface area (TPSA) is 60.5 Å². The molecule has 0 radical (unpaired) electrons. The third-order valence-corrected chi connectivity index (χ3v) is 4.25. The molecule has 6 heteroatoms. The van der Waals surface area contributed by atoms with E-state index in [-0.39, 0.29) is 6.04 Å². The molecule has 0 amide bonds. The zero-order valence-corrected chi connectivity index (χ0v) is 15.5. The standard InChI is InChI=1S/C19H23ClN2O3/c1-4-15(14-7-6-8-17(18(14)20)25-5-2)21-11-13-9-10-16(22-12-13)19(23)24-3/h6-10,12,15,21H,4-5,11H2,1-3H3. The lowest BCUT2D eigenvalue weighted by molar-refractivity contribution is 0.0594. The Balaban J connectivity index is 2.08. The SMILES string of the molecule is CCOc1cccc(C(CC)NCc2ccc(C(=O)OC)nc2)c1Cl. The van der Waals surface area contributed by atoms with E-state index in [0.29, 0.717) is 29.6 Å². The van der Waals surface area contributed by atoms with Gasteiger partial charge in [0.05, 0.1) is 18.7 Å². The van der Waals surface area contributed by atoms with Gasteiger partial charge in [0, 0.05) is 18.8 Å². The van der Waals surface area contributed by atoms with Gasteiger partial charge in [-0.15, -0.1) is 0 Å². The summed E-state index contributed by atoms with van der Waals surface area (Å²) in [5.41, 5.74) is 2.28. The van der Waals surface area contributed by atoms with Gasteiger partial charge in [0.1, 0.15) is 11.4 Å². The van der Waals surface area contributed by atoms with Crippen molar-refractivity contribution in [1.82, 2.24) is 10.3 Å². The van der Waals surface area contributed by atoms with Crippen LogP contribution >= 0.6 is 11.6 Å². The van der Waals surface area contributed by atoms with Gasteiger partial charge in [-0.2, -0.15) is 0 Å². The lowest BCUT2D eigenvalue weighted by atomic mass is 10.0. The normalized spacial score (nSPS) is 11.8. The van der Waals surface area contributed by atoms with Crippen molar-refractivity contribution in [2.24, 2.45) is 0 Å². The molecule has 0 aliphatic carbocycles. The molecule has 134 valence electrons. The largest absolute Gasteiger partial charge is 0.492 e. The van der Waals surface area contributed by atoms with E-state index in [9.17, 15) is 4.79 Å². The highest BCUT2D eigenvalue weighted by Crippen LogP contribution is 2.33. The number of methoxy groups -OCH3 is 1. The van der Waals surface area contributed by atoms with Crippen LogP contribution in [-0.4, -0.2) is 24.7 Å². The molecular weight excluding hydrogens is 340 g/mol. The summed E-state index contributed by atoms with van der Waals surface area (Å²) in [5, 5.41) is 4.12. The number of nitrogens with zero attached hydrogens (tertiary/aromatic N) is 1. The Morgan fingerprint density at radius 1 is 1.28 bits per heavy atom. The van der Waals surface area contributed by atoms with Crippen LogP contribution < -0.4 is 10.1 Å². The Hall–Kier alpha value is -2.11. The molecule has 1 aromatic carbocycles. The minimum absolute atomic E-state index is 0.0909. The maximum atomic E-state index is 11.4. The summed E-state index contributed by atoms with van der Waals surface area (Å²) >= 11 is 6.49. The highest BCUT2D eigenvalue weighted by molar-refractivity contribution is 6.32. The molecule has 1 aromatic heterocycles. The number of pyridine rings is 1. The van der Waals surface area contributed by atoms with Gasteiger partial charge in [-0.3, -0.25) is 0 Å². The summed E-state index contributed by atoms with van der Waals surface area (Å²) in [6, 6.07) is 9.43. The number of ether oxygens (including phenoxy) is 2. The Morgan fingerprint density at radius 2 is 2.08 bits per heavy atom. The number of benzene rings is 1. The first-order valence-corrected chi connectivity index (χ1v) is 8.66. The summed E-state index contributed by atoms with van der Waals surface area (Å²) in [5.74, 6) is 0.261. The molecule has 1 N–H and O–H groups in total. The Bertz CT molecular complexity index is 704. The molecule has 1 atom stereocenters. The van der Waals surface area contributed by atoms with E-state index in [1.165, 1.54) is 7.11 Å². The summed E-state index contributed by atoms with van der Waals surface area (Å²) in [6.45, 7) is 5.22. The fourth-order valence-electron chi connectivity index (χ4n) is 2.53. The van der Waals surface area contributed by atoms with Crippen LogP contribution in [0.15, 0.2) is 36.5 Å². The van der Waals surface area contributed by atoms with Crippen molar-refractivity contribution in [3.8, 4) is 5.75 Å². The van der Waals surface area contributed by atoms with Crippen molar-refractivity contribution in [2.75, 3.05) is 13.7 Å². The van der Waals surface area contributed by atoms with Crippen molar-refractivity contribution in [1.29, 1.82) is 0 Å². The molecule has 2 aromatic rings. The lowest BCUT2D eigenvalue weighted by Gasteiger charge is -2.20. The van der Waals surface area contributed by atoms with Gasteiger partial charge in [0.2, 0.25) is 0 Å². The zero-order chi connectivity index (χ0) is 18.2. The Morgan fingerprint density at radius 3 is 2.68 bits per heavy atom. The minimum atomic E-state index is -0.439. The zero-order valence-electron chi connectivity index (χ0n) is 14.7. The predicted molar refractivity (Wildman–Crippen MR) is 98.1 cm³/mol. The summed E-state index contributed by atoms with van der Waals surface area (Å²) in [7, 11) is 1.34. The van der Waals surface area contributed by atoms with Crippen molar-refractivity contribution in [2.45, 2.75) is 32.9 Å². The molecule has 0 saturated heterocycles. The van der Waals surface area contributed by atoms with Gasteiger partial charge in [-0.25, -0.2) is 9.78 Å². The third-order valence-electron chi connectivity index (χ3n) is 3.85. The predicted octanol–water partition coefficient (Wildman–Crippen LogP) is 4.16. The maximum Gasteiger partial charge on any atom is 0.356 e. The molecule has 2 rings (SSSR count). The van der Waals surface area contributed by atoms with Crippen molar-refractivity contribution < 1.29 is 14.3 Å². The van der Waals surface area contributed by atoms with Crippen LogP contribution in [0.1, 0.15) is 47.9 Å². The summed E-state index contributed by atoms with van der Waals surface area (Å²) in [4.78, 5) is 15.5. The monoisotopic (exact) mass is 362 g/mol. The van der Waals surface area contributed by atoms with E-state index in [4.69, 9.17) is 16.3 Å². The fraction of sp³-hybridized carbons (Fsp3) is 0.368. The molecule has 0 aliphatic rings. The number of halogens is 1. The van der Waals surface area contributed by atoms with Crippen LogP contribution in [0.5, 0.6) is 5.75 Å². The number of hydrogen-bond donors (Lipinski definition) is 1. The lowest BCUT2D eigenvalue weighted by Crippen LogP contribution is -2.21. The number of carbonyl (C=O) groups is 1. The van der Waals surface area contributed by atoms with Crippen molar-refractivity contribution in [3.05, 3.63) is 58.4 Å². The maximum absolute atomic E-state index is 11.4. The van der Waals surface area contributed by atoms with Crippen LogP contribution in [0.4, 0.5) is 0 Å². The Kier molecular flexibility index (Phi) is 7.22. The van der Waals surface area contributed by atoms with Gasteiger partial charge in [0.25, 0.3) is 0 Å². The first-order chi connectivity index (χ1) is 12.1. The number of esters is 1. The van der Waals surface area contributed by atoms with Gasteiger partial charge < -0.3 is 14.8 Å². The van der Waals surface area contributed by atoms with E-state index in [1.807, 2.05) is 31.2 Å². The van der Waals surface area contributed by atoms with E-state index < -0.39 is 5.97 Å². The molecule has 1 heterocycles. The minimum Gasteiger partial charge on any atom is -0.492 e. The van der Waals surface area contributed by atoms with E-state index in [0.717, 1.165) is 17.5 Å². The second-order valence-corrected chi connectivity index (χ2v) is 5.86. The highest BCUT2D eigenvalue weighted by Gasteiger charge is 2.16. The molecule has 1 unspecified atom stereocenters. The first kappa shape index (κ1) is 19.2. The van der Waals surface area contributed by atoms with Crippen LogP contribution in [0.25, 0.3) is 0 Å². The number of carbonyl (C=O) groups excluding carboxylic acids is 1. The molecule has 5 nitrogen and oxygen atoms in total. The average molecular weight is 363 g/mol. The van der Waals surface area contributed by atoms with Gasteiger partial charge in [-0.1, -0.05) is 36.7 Å². The molecule has 25 heavy (non-hydrogen) atoms. The fourth-order valence-corrected chi connectivity index (χ4v) is 2.85. The molecule has 0 spiro atoms. The van der Waals surface area contributed by atoms with Gasteiger partial charge in [0.15, 0.2) is 0 Å². The van der Waals surface area contributed by atoms with E-state index in [1.54, 1.807) is 12.3 Å². The number of nitrogens with one attached hydrogen (secondary N) is 1. The second kappa shape index (κ2) is 9.39. The first-order valence-electron chi connectivity index (χ1n) is 8.28. The number of rotatable bonds is 8. The Labute approximate surface area is 153 Å². The van der Waals surface area contributed by atoms with Crippen LogP contribution in [0.2, 0.25) is 5.02 Å². The van der Waals surface area contributed by atoms with E-state index in [2.05, 4.69) is 22.0 Å². The van der Waals surface area contributed by atoms with Crippen LogP contribution in [0.3, 0.4) is 0 Å². The van der Waals surface area contributed by atoms with E-state index >= 15 is 0 Å². The number of aromatic nitrogens is 1.